The Balaban J connectivity index is 3.51. The van der Waals surface area contributed by atoms with Crippen molar-refractivity contribution >= 4 is 31.9 Å². The molecule has 1 radical (unpaired) electrons. The van der Waals surface area contributed by atoms with Crippen LogP contribution in [0.2, 0.25) is 0 Å². The van der Waals surface area contributed by atoms with E-state index in [1.54, 1.807) is 0 Å². The summed E-state index contributed by atoms with van der Waals surface area (Å²) in [6.45, 7) is 10.8. The molecule has 0 N–H and O–H groups in total. The zero-order chi connectivity index (χ0) is 12.5. The lowest BCUT2D eigenvalue weighted by molar-refractivity contribution is 0.586. The van der Waals surface area contributed by atoms with Crippen molar-refractivity contribution in [2.24, 2.45) is 0 Å². The molecule has 2 heteroatoms. The van der Waals surface area contributed by atoms with Crippen LogP contribution < -0.4 is 0 Å². The standard InChI is InChI=1S/C14H17Br2/c1-9(2)6-11-12(14(3,4)5)7-10(15)8-13(11)16/h7-8H,1-5H3. The quantitative estimate of drug-likeness (QED) is 0.619. The summed E-state index contributed by atoms with van der Waals surface area (Å²) in [4.78, 5) is 0. The maximum atomic E-state index is 3.61. The first-order chi connectivity index (χ1) is 7.21. The summed E-state index contributed by atoms with van der Waals surface area (Å²) < 4.78 is 2.19. The van der Waals surface area contributed by atoms with Crippen LogP contribution in [0.3, 0.4) is 0 Å². The first kappa shape index (κ1) is 14.0. The van der Waals surface area contributed by atoms with Gasteiger partial charge in [0.25, 0.3) is 0 Å². The molecular weight excluding hydrogens is 328 g/mol. The van der Waals surface area contributed by atoms with Crippen molar-refractivity contribution in [3.8, 4) is 0 Å². The van der Waals surface area contributed by atoms with Crippen molar-refractivity contribution in [1.29, 1.82) is 0 Å². The lowest BCUT2D eigenvalue weighted by Gasteiger charge is -2.23. The zero-order valence-corrected chi connectivity index (χ0v) is 13.6. The highest BCUT2D eigenvalue weighted by atomic mass is 79.9. The smallest absolute Gasteiger partial charge is 0.0268 e. The van der Waals surface area contributed by atoms with Crippen molar-refractivity contribution in [2.45, 2.75) is 40.0 Å². The van der Waals surface area contributed by atoms with E-state index in [4.69, 9.17) is 0 Å². The van der Waals surface area contributed by atoms with Crippen LogP contribution in [-0.2, 0) is 5.41 Å². The second-order valence-corrected chi connectivity index (χ2v) is 6.96. The lowest BCUT2D eigenvalue weighted by Crippen LogP contribution is -2.13. The van der Waals surface area contributed by atoms with Crippen molar-refractivity contribution < 1.29 is 0 Å². The summed E-state index contributed by atoms with van der Waals surface area (Å²) >= 11 is 7.15. The van der Waals surface area contributed by atoms with E-state index < -0.39 is 0 Å². The minimum absolute atomic E-state index is 0.115. The maximum absolute atomic E-state index is 3.61. The topological polar surface area (TPSA) is 0 Å². The summed E-state index contributed by atoms with van der Waals surface area (Å²) in [6, 6.07) is 4.25. The molecule has 0 bridgehead atoms. The summed E-state index contributed by atoms with van der Waals surface area (Å²) in [7, 11) is 0. The molecule has 0 spiro atoms. The van der Waals surface area contributed by atoms with Gasteiger partial charge in [-0.3, -0.25) is 0 Å². The normalized spacial score (nSPS) is 11.4. The summed E-state index contributed by atoms with van der Waals surface area (Å²) in [5, 5.41) is 0. The molecule has 0 aliphatic heterocycles. The molecule has 0 heterocycles. The van der Waals surface area contributed by atoms with Gasteiger partial charge in [-0.25, -0.2) is 0 Å². The second-order valence-electron chi connectivity index (χ2n) is 5.19. The third-order valence-corrected chi connectivity index (χ3v) is 3.32. The van der Waals surface area contributed by atoms with Gasteiger partial charge in [-0.1, -0.05) is 58.2 Å². The minimum atomic E-state index is 0.115. The molecule has 0 amide bonds. The molecule has 16 heavy (non-hydrogen) atoms. The number of hydrogen-bond donors (Lipinski definition) is 0. The molecule has 0 aromatic heterocycles. The van der Waals surface area contributed by atoms with E-state index in [2.05, 4.69) is 84.7 Å². The molecule has 1 aromatic carbocycles. The molecular formula is C14H17Br2. The van der Waals surface area contributed by atoms with Gasteiger partial charge in [-0.15, -0.1) is 0 Å². The van der Waals surface area contributed by atoms with Crippen LogP contribution in [0.4, 0.5) is 0 Å². The fourth-order valence-electron chi connectivity index (χ4n) is 1.54. The van der Waals surface area contributed by atoms with E-state index in [1.807, 2.05) is 0 Å². The Morgan fingerprint density at radius 2 is 1.69 bits per heavy atom. The fraction of sp³-hybridized carbons (Fsp3) is 0.429. The first-order valence-corrected chi connectivity index (χ1v) is 6.87. The van der Waals surface area contributed by atoms with Crippen molar-refractivity contribution in [3.05, 3.63) is 43.9 Å². The Kier molecular flexibility index (Phi) is 4.42. The Labute approximate surface area is 115 Å². The highest BCUT2D eigenvalue weighted by Gasteiger charge is 2.19. The maximum Gasteiger partial charge on any atom is 0.0268 e. The molecule has 0 aliphatic rings. The minimum Gasteiger partial charge on any atom is -0.0679 e. The monoisotopic (exact) mass is 343 g/mol. The molecule has 1 aromatic rings. The van der Waals surface area contributed by atoms with Gasteiger partial charge in [-0.05, 0) is 43.0 Å². The van der Waals surface area contributed by atoms with Crippen molar-refractivity contribution in [2.75, 3.05) is 0 Å². The largest absolute Gasteiger partial charge is 0.0679 e. The van der Waals surface area contributed by atoms with E-state index in [0.717, 1.165) is 14.5 Å². The number of benzene rings is 1. The van der Waals surface area contributed by atoms with Gasteiger partial charge < -0.3 is 0 Å². The predicted molar refractivity (Wildman–Crippen MR) is 77.7 cm³/mol. The van der Waals surface area contributed by atoms with Gasteiger partial charge in [0.05, 0.1) is 0 Å². The summed E-state index contributed by atoms with van der Waals surface area (Å²) in [6.07, 6.45) is 3.42. The molecule has 0 nitrogen and oxygen atoms in total. The van der Waals surface area contributed by atoms with Gasteiger partial charge in [0.15, 0.2) is 0 Å². The van der Waals surface area contributed by atoms with Gasteiger partial charge in [0.1, 0.15) is 0 Å². The molecule has 0 aliphatic carbocycles. The number of hydrogen-bond acceptors (Lipinski definition) is 0. The number of allylic oxidation sites excluding steroid dienone is 1. The molecule has 0 saturated heterocycles. The van der Waals surface area contributed by atoms with E-state index in [0.29, 0.717) is 0 Å². The number of halogens is 2. The van der Waals surface area contributed by atoms with Crippen LogP contribution >= 0.6 is 31.9 Å². The fourth-order valence-corrected chi connectivity index (χ4v) is 2.87. The Morgan fingerprint density at radius 1 is 1.12 bits per heavy atom. The van der Waals surface area contributed by atoms with Crippen LogP contribution in [0.15, 0.2) is 26.7 Å². The average molecular weight is 345 g/mol. The van der Waals surface area contributed by atoms with Crippen LogP contribution in [0.1, 0.15) is 45.7 Å². The van der Waals surface area contributed by atoms with E-state index in [-0.39, 0.29) is 5.41 Å². The van der Waals surface area contributed by atoms with Crippen LogP contribution in [-0.4, -0.2) is 0 Å². The summed E-state index contributed by atoms with van der Waals surface area (Å²) in [5.41, 5.74) is 3.77. The van der Waals surface area contributed by atoms with E-state index >= 15 is 0 Å². The van der Waals surface area contributed by atoms with E-state index in [9.17, 15) is 0 Å². The molecule has 0 unspecified atom stereocenters. The molecule has 0 atom stereocenters. The highest BCUT2D eigenvalue weighted by molar-refractivity contribution is 9.11. The molecule has 87 valence electrons. The van der Waals surface area contributed by atoms with Crippen molar-refractivity contribution in [1.82, 2.24) is 0 Å². The first-order valence-electron chi connectivity index (χ1n) is 5.28. The third kappa shape index (κ3) is 3.46. The predicted octanol–water partition coefficient (Wildman–Crippen LogP) is 5.63. The van der Waals surface area contributed by atoms with Gasteiger partial charge in [-0.2, -0.15) is 0 Å². The van der Waals surface area contributed by atoms with Crippen LogP contribution in [0.25, 0.3) is 0 Å². The van der Waals surface area contributed by atoms with Crippen LogP contribution in [0.5, 0.6) is 0 Å². The molecule has 0 fully saturated rings. The van der Waals surface area contributed by atoms with E-state index in [1.165, 1.54) is 11.1 Å². The molecule has 0 saturated carbocycles. The Hall–Kier alpha value is -0.0800. The lowest BCUT2D eigenvalue weighted by atomic mass is 9.83. The SMILES string of the molecule is CC(C)=[C]c1c(Br)cc(Br)cc1C(C)(C)C. The molecule has 1 rings (SSSR count). The van der Waals surface area contributed by atoms with Gasteiger partial charge in [0.2, 0.25) is 0 Å². The van der Waals surface area contributed by atoms with Gasteiger partial charge >= 0.3 is 0 Å². The Bertz CT molecular complexity index is 419. The van der Waals surface area contributed by atoms with Crippen LogP contribution in [0, 0.1) is 6.08 Å². The van der Waals surface area contributed by atoms with Gasteiger partial charge in [0, 0.05) is 14.5 Å². The zero-order valence-electron chi connectivity index (χ0n) is 10.4. The third-order valence-electron chi connectivity index (χ3n) is 2.24. The second kappa shape index (κ2) is 5.05. The highest BCUT2D eigenvalue weighted by Crippen LogP contribution is 2.34. The average Bonchev–Trinajstić information content (AvgIpc) is 2.06. The Morgan fingerprint density at radius 3 is 2.12 bits per heavy atom. The summed E-state index contributed by atoms with van der Waals surface area (Å²) in [5.74, 6) is 0. The number of rotatable bonds is 1. The van der Waals surface area contributed by atoms with Crippen molar-refractivity contribution in [3.63, 3.8) is 0 Å².